The number of nitrogens with zero attached hydrogens (tertiary/aromatic N) is 4. The Labute approximate surface area is 84.7 Å². The summed E-state index contributed by atoms with van der Waals surface area (Å²) in [4.78, 5) is 2.00. The van der Waals surface area contributed by atoms with Crippen LogP contribution in [0.1, 0.15) is 13.8 Å². The highest BCUT2D eigenvalue weighted by molar-refractivity contribution is 7.71. The van der Waals surface area contributed by atoms with E-state index in [0.717, 1.165) is 0 Å². The minimum atomic E-state index is 0.472. The first-order chi connectivity index (χ1) is 6.04. The fraction of sp³-hybridized carbons (Fsp3) is 0.857. The molecule has 1 heterocycles. The van der Waals surface area contributed by atoms with Crippen molar-refractivity contribution in [3.63, 3.8) is 0 Å². The molecule has 0 aliphatic heterocycles. The Bertz CT molecular complexity index is 236. The van der Waals surface area contributed by atoms with E-state index in [9.17, 15) is 0 Å². The van der Waals surface area contributed by atoms with Crippen LogP contribution in [0, 0.1) is 4.77 Å². The van der Waals surface area contributed by atoms with Gasteiger partial charge in [0.2, 0.25) is 4.77 Å². The van der Waals surface area contributed by atoms with Gasteiger partial charge in [-0.25, -0.2) is 4.68 Å². The van der Waals surface area contributed by atoms with Crippen molar-refractivity contribution in [3.05, 3.63) is 4.77 Å². The molecule has 0 bridgehead atoms. The number of rotatable bonds is 0. The van der Waals surface area contributed by atoms with Crippen molar-refractivity contribution in [2.45, 2.75) is 13.8 Å². The van der Waals surface area contributed by atoms with E-state index in [1.54, 1.807) is 11.7 Å². The third kappa shape index (κ3) is 11.2. The largest absolute Gasteiger partial charge is 0.312 e. The molecule has 0 radical (unpaired) electrons. The topological polar surface area (TPSA) is 49.7 Å². The maximum atomic E-state index is 4.64. The highest BCUT2D eigenvalue weighted by atomic mass is 32.1. The Hall–Kier alpha value is -0.750. The van der Waals surface area contributed by atoms with E-state index < -0.39 is 0 Å². The Kier molecular flexibility index (Phi) is 10.6. The second-order valence-electron chi connectivity index (χ2n) is 2.48. The molecule has 0 saturated carbocycles. The van der Waals surface area contributed by atoms with Gasteiger partial charge in [0.25, 0.3) is 0 Å². The van der Waals surface area contributed by atoms with Gasteiger partial charge in [0.15, 0.2) is 0 Å². The summed E-state index contributed by atoms with van der Waals surface area (Å²) >= 11 is 4.64. The van der Waals surface area contributed by atoms with Crippen LogP contribution in [0.25, 0.3) is 0 Å². The molecule has 78 valence electrons. The lowest BCUT2D eigenvalue weighted by Gasteiger charge is -1.90. The molecule has 5 nitrogen and oxygen atoms in total. The summed E-state index contributed by atoms with van der Waals surface area (Å²) in [6, 6.07) is 0. The molecule has 0 saturated heterocycles. The fourth-order valence-electron chi connectivity index (χ4n) is 0.242. The molecule has 13 heavy (non-hydrogen) atoms. The van der Waals surface area contributed by atoms with Crippen LogP contribution >= 0.6 is 12.2 Å². The van der Waals surface area contributed by atoms with Crippen LogP contribution in [0.2, 0.25) is 0 Å². The van der Waals surface area contributed by atoms with Crippen molar-refractivity contribution in [1.82, 2.24) is 25.1 Å². The van der Waals surface area contributed by atoms with Crippen molar-refractivity contribution < 1.29 is 0 Å². The van der Waals surface area contributed by atoms with Crippen LogP contribution in [0.3, 0.4) is 0 Å². The molecule has 0 aromatic carbocycles. The van der Waals surface area contributed by atoms with Crippen molar-refractivity contribution >= 4 is 12.2 Å². The lowest BCUT2D eigenvalue weighted by atomic mass is 11.0. The van der Waals surface area contributed by atoms with Crippen LogP contribution in [-0.4, -0.2) is 46.3 Å². The van der Waals surface area contributed by atoms with Gasteiger partial charge in [-0.05, 0) is 33.4 Å². The zero-order chi connectivity index (χ0) is 10.9. The summed E-state index contributed by atoms with van der Waals surface area (Å²) in [5.41, 5.74) is 0. The van der Waals surface area contributed by atoms with E-state index in [0.29, 0.717) is 4.77 Å². The number of nitrogens with one attached hydrogen (secondary N) is 1. The van der Waals surface area contributed by atoms with Crippen LogP contribution in [0.4, 0.5) is 0 Å². The molecule has 0 aliphatic carbocycles. The average molecular weight is 205 g/mol. The minimum absolute atomic E-state index is 0.472. The molecule has 1 aromatic heterocycles. The lowest BCUT2D eigenvalue weighted by Crippen LogP contribution is -1.99. The second kappa shape index (κ2) is 9.34. The number of hydrogen-bond donors (Lipinski definition) is 1. The van der Waals surface area contributed by atoms with Gasteiger partial charge in [0.1, 0.15) is 0 Å². The van der Waals surface area contributed by atoms with Gasteiger partial charge in [-0.3, -0.25) is 0 Å². The van der Waals surface area contributed by atoms with Crippen LogP contribution in [0.15, 0.2) is 0 Å². The minimum Gasteiger partial charge on any atom is -0.312 e. The Morgan fingerprint density at radius 2 is 1.69 bits per heavy atom. The molecular formula is C7H19N5S. The highest BCUT2D eigenvalue weighted by Crippen LogP contribution is 1.71. The second-order valence-corrected chi connectivity index (χ2v) is 2.85. The van der Waals surface area contributed by atoms with Gasteiger partial charge in [-0.1, -0.05) is 24.2 Å². The Morgan fingerprint density at radius 3 is 1.77 bits per heavy atom. The van der Waals surface area contributed by atoms with Gasteiger partial charge < -0.3 is 4.90 Å². The fourth-order valence-corrected chi connectivity index (χ4v) is 0.324. The molecule has 1 aromatic rings. The van der Waals surface area contributed by atoms with E-state index in [2.05, 4.69) is 27.7 Å². The van der Waals surface area contributed by atoms with E-state index in [4.69, 9.17) is 0 Å². The maximum Gasteiger partial charge on any atom is 0.237 e. The van der Waals surface area contributed by atoms with Crippen LogP contribution in [-0.2, 0) is 7.05 Å². The summed E-state index contributed by atoms with van der Waals surface area (Å²) in [7, 11) is 7.75. The lowest BCUT2D eigenvalue weighted by molar-refractivity contribution is 0.505. The summed E-state index contributed by atoms with van der Waals surface area (Å²) in [6.07, 6.45) is 0. The molecule has 0 aliphatic rings. The SMILES string of the molecule is CC.CN(C)C.Cn1[nH]nnc1=S. The molecule has 0 spiro atoms. The quantitative estimate of drug-likeness (QED) is 0.644. The smallest absolute Gasteiger partial charge is 0.237 e. The highest BCUT2D eigenvalue weighted by Gasteiger charge is 1.79. The van der Waals surface area contributed by atoms with Gasteiger partial charge in [-0.2, -0.15) is 5.21 Å². The third-order valence-electron chi connectivity index (χ3n) is 0.617. The zero-order valence-electron chi connectivity index (χ0n) is 9.20. The van der Waals surface area contributed by atoms with Crippen LogP contribution < -0.4 is 0 Å². The molecule has 0 atom stereocenters. The standard InChI is InChI=1S/C3H9N.C2H4N4S.C2H6/c1-4(2)3;1-6-2(7)3-4-5-6;1-2/h1-3H3;1H3,(H,3,5,7);1-2H3. The van der Waals surface area contributed by atoms with Gasteiger partial charge in [0, 0.05) is 7.05 Å². The first-order valence-electron chi connectivity index (χ1n) is 4.09. The molecular weight excluding hydrogens is 186 g/mol. The van der Waals surface area contributed by atoms with Crippen molar-refractivity contribution in [2.24, 2.45) is 7.05 Å². The number of aromatic amines is 1. The Balaban J connectivity index is 0. The van der Waals surface area contributed by atoms with Gasteiger partial charge >= 0.3 is 0 Å². The summed E-state index contributed by atoms with van der Waals surface area (Å²) in [6.45, 7) is 4.00. The average Bonchev–Trinajstić information content (AvgIpc) is 2.39. The molecule has 1 rings (SSSR count). The van der Waals surface area contributed by atoms with Crippen LogP contribution in [0.5, 0.6) is 0 Å². The maximum absolute atomic E-state index is 4.64. The molecule has 0 unspecified atom stereocenters. The summed E-state index contributed by atoms with van der Waals surface area (Å²) in [5, 5.41) is 9.41. The number of H-pyrrole nitrogens is 1. The van der Waals surface area contributed by atoms with Gasteiger partial charge in [0.05, 0.1) is 0 Å². The molecule has 0 amide bonds. The predicted molar refractivity (Wildman–Crippen MR) is 57.1 cm³/mol. The Morgan fingerprint density at radius 1 is 1.31 bits per heavy atom. The summed E-state index contributed by atoms with van der Waals surface area (Å²) in [5.74, 6) is 0. The van der Waals surface area contributed by atoms with Gasteiger partial charge in [-0.15, -0.1) is 0 Å². The number of tetrazole rings is 1. The van der Waals surface area contributed by atoms with E-state index in [-0.39, 0.29) is 0 Å². The van der Waals surface area contributed by atoms with E-state index >= 15 is 0 Å². The molecule has 0 fully saturated rings. The summed E-state index contributed by atoms with van der Waals surface area (Å²) < 4.78 is 2.02. The first kappa shape index (κ1) is 14.8. The third-order valence-corrected chi connectivity index (χ3v) is 0.973. The first-order valence-corrected chi connectivity index (χ1v) is 4.50. The van der Waals surface area contributed by atoms with Crippen molar-refractivity contribution in [3.8, 4) is 0 Å². The number of hydrogen-bond acceptors (Lipinski definition) is 4. The monoisotopic (exact) mass is 205 g/mol. The van der Waals surface area contributed by atoms with Crippen molar-refractivity contribution in [2.75, 3.05) is 21.1 Å². The molecule has 1 N–H and O–H groups in total. The zero-order valence-corrected chi connectivity index (χ0v) is 10.0. The normalized spacial score (nSPS) is 8.23. The van der Waals surface area contributed by atoms with E-state index in [1.165, 1.54) is 0 Å². The van der Waals surface area contributed by atoms with Crippen molar-refractivity contribution in [1.29, 1.82) is 0 Å². The molecule has 6 heteroatoms. The predicted octanol–water partition coefficient (Wildman–Crippen LogP) is 1.08. The van der Waals surface area contributed by atoms with E-state index in [1.807, 2.05) is 39.9 Å². The number of aryl methyl sites for hydroxylation is 1. The number of aromatic nitrogens is 4.